The molecule has 0 saturated heterocycles. The molecule has 0 fully saturated rings. The van der Waals surface area contributed by atoms with Crippen LogP contribution in [0.5, 0.6) is 5.75 Å². The predicted octanol–water partition coefficient (Wildman–Crippen LogP) is 1.01. The Morgan fingerprint density at radius 2 is 1.76 bits per heavy atom. The normalized spacial score (nSPS) is 9.81. The second kappa shape index (κ2) is 8.73. The van der Waals surface area contributed by atoms with E-state index in [0.29, 0.717) is 5.75 Å². The van der Waals surface area contributed by atoms with Gasteiger partial charge in [0.1, 0.15) is 5.75 Å². The molecule has 0 aliphatic heterocycles. The van der Waals surface area contributed by atoms with Crippen LogP contribution in [0.1, 0.15) is 18.4 Å². The van der Waals surface area contributed by atoms with Crippen molar-refractivity contribution in [3.05, 3.63) is 29.8 Å². The Balaban J connectivity index is 2.20. The molecular formula is C15H19NO5. The second-order valence-corrected chi connectivity index (χ2v) is 4.49. The van der Waals surface area contributed by atoms with Crippen molar-refractivity contribution in [1.82, 2.24) is 5.32 Å². The van der Waals surface area contributed by atoms with Crippen LogP contribution in [-0.2, 0) is 19.1 Å². The fourth-order valence-corrected chi connectivity index (χ4v) is 1.46. The number of amides is 1. The van der Waals surface area contributed by atoms with Crippen LogP contribution in [0.2, 0.25) is 0 Å². The summed E-state index contributed by atoms with van der Waals surface area (Å²) in [6.07, 6.45) is 0.0663. The van der Waals surface area contributed by atoms with Crippen LogP contribution in [0.3, 0.4) is 0 Å². The standard InChI is InChI=1S/C15H19NO5/c1-11-3-6-13(7-4-11)21-10-14(18)16-9-12(17)5-8-15(19)20-2/h3-4,6-7H,5,8-10H2,1-2H3,(H,16,18). The summed E-state index contributed by atoms with van der Waals surface area (Å²) in [5, 5.41) is 2.44. The minimum atomic E-state index is -0.447. The van der Waals surface area contributed by atoms with Gasteiger partial charge in [-0.15, -0.1) is 0 Å². The number of carbonyl (C=O) groups excluding carboxylic acids is 3. The minimum Gasteiger partial charge on any atom is -0.484 e. The largest absolute Gasteiger partial charge is 0.484 e. The lowest BCUT2D eigenvalue weighted by atomic mass is 10.2. The van der Waals surface area contributed by atoms with Crippen LogP contribution in [-0.4, -0.2) is 37.9 Å². The van der Waals surface area contributed by atoms with E-state index >= 15 is 0 Å². The molecule has 0 atom stereocenters. The molecule has 1 N–H and O–H groups in total. The highest BCUT2D eigenvalue weighted by atomic mass is 16.5. The molecule has 6 heteroatoms. The lowest BCUT2D eigenvalue weighted by molar-refractivity contribution is -0.141. The van der Waals surface area contributed by atoms with Crippen molar-refractivity contribution in [3.8, 4) is 5.75 Å². The SMILES string of the molecule is COC(=O)CCC(=O)CNC(=O)COc1ccc(C)cc1. The molecule has 0 saturated carbocycles. The van der Waals surface area contributed by atoms with Gasteiger partial charge in [0.25, 0.3) is 5.91 Å². The summed E-state index contributed by atoms with van der Waals surface area (Å²) in [6.45, 7) is 1.68. The highest BCUT2D eigenvalue weighted by molar-refractivity contribution is 5.88. The number of ether oxygens (including phenoxy) is 2. The Morgan fingerprint density at radius 3 is 2.38 bits per heavy atom. The number of hydrogen-bond acceptors (Lipinski definition) is 5. The quantitative estimate of drug-likeness (QED) is 0.723. The third kappa shape index (κ3) is 7.10. The lowest BCUT2D eigenvalue weighted by Crippen LogP contribution is -2.33. The molecule has 0 unspecified atom stereocenters. The third-order valence-electron chi connectivity index (χ3n) is 2.71. The van der Waals surface area contributed by atoms with E-state index in [1.165, 1.54) is 7.11 Å². The van der Waals surface area contributed by atoms with Crippen molar-refractivity contribution in [3.63, 3.8) is 0 Å². The topological polar surface area (TPSA) is 81.7 Å². The van der Waals surface area contributed by atoms with E-state index in [0.717, 1.165) is 5.56 Å². The molecule has 1 aromatic carbocycles. The number of ketones is 1. The average molecular weight is 293 g/mol. The molecule has 0 radical (unpaired) electrons. The summed E-state index contributed by atoms with van der Waals surface area (Å²) in [4.78, 5) is 33.8. The molecule has 0 aliphatic carbocycles. The van der Waals surface area contributed by atoms with E-state index in [-0.39, 0.29) is 37.7 Å². The van der Waals surface area contributed by atoms with Gasteiger partial charge in [0, 0.05) is 6.42 Å². The molecule has 114 valence electrons. The Hall–Kier alpha value is -2.37. The van der Waals surface area contributed by atoms with Gasteiger partial charge in [-0.2, -0.15) is 0 Å². The van der Waals surface area contributed by atoms with Crippen LogP contribution >= 0.6 is 0 Å². The van der Waals surface area contributed by atoms with E-state index < -0.39 is 5.97 Å². The number of benzene rings is 1. The maximum atomic E-state index is 11.5. The summed E-state index contributed by atoms with van der Waals surface area (Å²) in [6, 6.07) is 7.29. The van der Waals surface area contributed by atoms with E-state index in [1.807, 2.05) is 19.1 Å². The molecule has 1 rings (SSSR count). The van der Waals surface area contributed by atoms with Gasteiger partial charge in [0.15, 0.2) is 12.4 Å². The van der Waals surface area contributed by atoms with Crippen molar-refractivity contribution in [2.45, 2.75) is 19.8 Å². The Morgan fingerprint density at radius 1 is 1.10 bits per heavy atom. The number of carbonyl (C=O) groups is 3. The maximum absolute atomic E-state index is 11.5. The van der Waals surface area contributed by atoms with E-state index in [9.17, 15) is 14.4 Å². The first-order chi connectivity index (χ1) is 10.0. The Kier molecular flexibility index (Phi) is 6.94. The Labute approximate surface area is 123 Å². The molecule has 0 heterocycles. The molecule has 0 aliphatic rings. The van der Waals surface area contributed by atoms with Gasteiger partial charge in [-0.05, 0) is 19.1 Å². The minimum absolute atomic E-state index is 0.0189. The van der Waals surface area contributed by atoms with E-state index in [1.54, 1.807) is 12.1 Å². The number of methoxy groups -OCH3 is 1. The van der Waals surface area contributed by atoms with Gasteiger partial charge in [-0.3, -0.25) is 14.4 Å². The van der Waals surface area contributed by atoms with Crippen molar-refractivity contribution >= 4 is 17.7 Å². The van der Waals surface area contributed by atoms with Crippen LogP contribution in [0.15, 0.2) is 24.3 Å². The molecule has 0 spiro atoms. The van der Waals surface area contributed by atoms with Crippen LogP contribution in [0.4, 0.5) is 0 Å². The zero-order valence-electron chi connectivity index (χ0n) is 12.2. The zero-order chi connectivity index (χ0) is 15.7. The van der Waals surface area contributed by atoms with Gasteiger partial charge < -0.3 is 14.8 Å². The fraction of sp³-hybridized carbons (Fsp3) is 0.400. The number of aryl methyl sites for hydroxylation is 1. The molecule has 6 nitrogen and oxygen atoms in total. The highest BCUT2D eigenvalue weighted by Gasteiger charge is 2.09. The number of hydrogen-bond donors (Lipinski definition) is 1. The number of nitrogens with one attached hydrogen (secondary N) is 1. The Bertz CT molecular complexity index is 495. The molecule has 0 bridgehead atoms. The molecule has 0 aromatic heterocycles. The smallest absolute Gasteiger partial charge is 0.305 e. The van der Waals surface area contributed by atoms with Crippen LogP contribution in [0, 0.1) is 6.92 Å². The van der Waals surface area contributed by atoms with Crippen molar-refractivity contribution in [2.24, 2.45) is 0 Å². The van der Waals surface area contributed by atoms with Gasteiger partial charge in [-0.25, -0.2) is 0 Å². The number of rotatable bonds is 8. The first-order valence-corrected chi connectivity index (χ1v) is 6.56. The molecule has 1 aromatic rings. The average Bonchev–Trinajstić information content (AvgIpc) is 2.49. The third-order valence-corrected chi connectivity index (χ3v) is 2.71. The first kappa shape index (κ1) is 16.7. The first-order valence-electron chi connectivity index (χ1n) is 6.56. The highest BCUT2D eigenvalue weighted by Crippen LogP contribution is 2.10. The van der Waals surface area contributed by atoms with E-state index in [2.05, 4.69) is 10.1 Å². The van der Waals surface area contributed by atoms with Crippen molar-refractivity contribution in [2.75, 3.05) is 20.3 Å². The maximum Gasteiger partial charge on any atom is 0.305 e. The number of Topliss-reactive ketones (excluding diaryl/α,β-unsaturated/α-hetero) is 1. The van der Waals surface area contributed by atoms with Gasteiger partial charge >= 0.3 is 5.97 Å². The van der Waals surface area contributed by atoms with Crippen LogP contribution < -0.4 is 10.1 Å². The van der Waals surface area contributed by atoms with Crippen molar-refractivity contribution < 1.29 is 23.9 Å². The van der Waals surface area contributed by atoms with Gasteiger partial charge in [-0.1, -0.05) is 17.7 Å². The zero-order valence-corrected chi connectivity index (χ0v) is 12.2. The van der Waals surface area contributed by atoms with Gasteiger partial charge in [0.2, 0.25) is 0 Å². The summed E-state index contributed by atoms with van der Waals surface area (Å²) in [5.74, 6) is -0.476. The summed E-state index contributed by atoms with van der Waals surface area (Å²) < 4.78 is 9.70. The van der Waals surface area contributed by atoms with Crippen molar-refractivity contribution in [1.29, 1.82) is 0 Å². The van der Waals surface area contributed by atoms with Crippen LogP contribution in [0.25, 0.3) is 0 Å². The molecule has 1 amide bonds. The van der Waals surface area contributed by atoms with E-state index in [4.69, 9.17) is 4.74 Å². The fourth-order valence-electron chi connectivity index (χ4n) is 1.46. The summed E-state index contributed by atoms with van der Waals surface area (Å²) in [7, 11) is 1.26. The summed E-state index contributed by atoms with van der Waals surface area (Å²) in [5.41, 5.74) is 1.10. The van der Waals surface area contributed by atoms with Gasteiger partial charge in [0.05, 0.1) is 20.1 Å². The second-order valence-electron chi connectivity index (χ2n) is 4.49. The molecule has 21 heavy (non-hydrogen) atoms. The predicted molar refractivity (Wildman–Crippen MR) is 75.9 cm³/mol. The number of esters is 1. The summed E-state index contributed by atoms with van der Waals surface area (Å²) >= 11 is 0. The lowest BCUT2D eigenvalue weighted by Gasteiger charge is -2.07. The molecular weight excluding hydrogens is 274 g/mol. The monoisotopic (exact) mass is 293 g/mol.